The van der Waals surface area contributed by atoms with Crippen molar-refractivity contribution >= 4 is 17.3 Å². The van der Waals surface area contributed by atoms with Gasteiger partial charge in [0, 0.05) is 31.2 Å². The minimum absolute atomic E-state index is 0.177. The summed E-state index contributed by atoms with van der Waals surface area (Å²) in [7, 11) is 1.84. The number of carbonyl (C=O) groups excluding carboxylic acids is 1. The number of rotatable bonds is 2. The second-order valence-corrected chi connectivity index (χ2v) is 4.78. The van der Waals surface area contributed by atoms with Gasteiger partial charge in [-0.15, -0.1) is 0 Å². The van der Waals surface area contributed by atoms with Crippen LogP contribution in [-0.2, 0) is 13.5 Å². The number of imidazole rings is 1. The van der Waals surface area contributed by atoms with E-state index in [4.69, 9.17) is 0 Å². The first kappa shape index (κ1) is 11.8. The van der Waals surface area contributed by atoms with Gasteiger partial charge in [0.05, 0.1) is 6.33 Å². The average molecular weight is 256 g/mol. The number of benzene rings is 1. The Morgan fingerprint density at radius 1 is 1.47 bits per heavy atom. The molecule has 3 rings (SSSR count). The fraction of sp³-hybridized carbons (Fsp3) is 0.286. The van der Waals surface area contributed by atoms with Crippen molar-refractivity contribution in [3.05, 3.63) is 42.0 Å². The number of nitrogens with zero attached hydrogens (tertiary/aromatic N) is 2. The number of hydrogen-bond acceptors (Lipinski definition) is 3. The third-order valence-corrected chi connectivity index (χ3v) is 3.24. The van der Waals surface area contributed by atoms with Gasteiger partial charge in [0.2, 0.25) is 0 Å². The highest BCUT2D eigenvalue weighted by Crippen LogP contribution is 2.25. The Kier molecular flexibility index (Phi) is 2.95. The van der Waals surface area contributed by atoms with Gasteiger partial charge in [0.1, 0.15) is 5.69 Å². The van der Waals surface area contributed by atoms with Gasteiger partial charge in [-0.25, -0.2) is 4.98 Å². The van der Waals surface area contributed by atoms with Crippen LogP contribution in [0.15, 0.2) is 30.7 Å². The van der Waals surface area contributed by atoms with Crippen LogP contribution in [0.5, 0.6) is 0 Å². The predicted octanol–water partition coefficient (Wildman–Crippen LogP) is 2.03. The first-order chi connectivity index (χ1) is 9.22. The monoisotopic (exact) mass is 256 g/mol. The van der Waals surface area contributed by atoms with E-state index in [1.165, 1.54) is 11.3 Å². The Morgan fingerprint density at radius 3 is 3.16 bits per heavy atom. The largest absolute Gasteiger partial charge is 0.385 e. The summed E-state index contributed by atoms with van der Waals surface area (Å²) in [6.45, 7) is 1.02. The van der Waals surface area contributed by atoms with E-state index in [2.05, 4.69) is 15.6 Å². The highest BCUT2D eigenvalue weighted by atomic mass is 16.1. The number of fused-ring (bicyclic) bond motifs is 1. The van der Waals surface area contributed by atoms with Crippen LogP contribution >= 0.6 is 0 Å². The molecule has 0 saturated heterocycles. The molecule has 1 amide bonds. The van der Waals surface area contributed by atoms with Gasteiger partial charge in [0.15, 0.2) is 0 Å². The maximum absolute atomic E-state index is 12.0. The van der Waals surface area contributed by atoms with Gasteiger partial charge < -0.3 is 15.2 Å². The van der Waals surface area contributed by atoms with Crippen molar-refractivity contribution in [2.24, 2.45) is 7.05 Å². The zero-order valence-corrected chi connectivity index (χ0v) is 10.8. The first-order valence-electron chi connectivity index (χ1n) is 6.38. The number of anilines is 2. The Labute approximate surface area is 111 Å². The zero-order chi connectivity index (χ0) is 13.2. The summed E-state index contributed by atoms with van der Waals surface area (Å²) >= 11 is 0. The molecule has 0 aliphatic carbocycles. The second-order valence-electron chi connectivity index (χ2n) is 4.78. The number of aryl methyl sites for hydroxylation is 2. The van der Waals surface area contributed by atoms with Crippen LogP contribution in [0.1, 0.15) is 22.5 Å². The molecule has 1 aliphatic rings. The molecular weight excluding hydrogens is 240 g/mol. The molecule has 0 atom stereocenters. The van der Waals surface area contributed by atoms with E-state index in [1.54, 1.807) is 17.1 Å². The fourth-order valence-electron chi connectivity index (χ4n) is 2.28. The second kappa shape index (κ2) is 4.76. The maximum atomic E-state index is 12.0. The zero-order valence-electron chi connectivity index (χ0n) is 10.8. The summed E-state index contributed by atoms with van der Waals surface area (Å²) in [4.78, 5) is 16.0. The van der Waals surface area contributed by atoms with Crippen LogP contribution in [0.4, 0.5) is 11.4 Å². The van der Waals surface area contributed by atoms with Crippen LogP contribution < -0.4 is 10.6 Å². The molecule has 0 bridgehead atoms. The van der Waals surface area contributed by atoms with Gasteiger partial charge in [-0.05, 0) is 36.6 Å². The van der Waals surface area contributed by atoms with Gasteiger partial charge in [-0.1, -0.05) is 0 Å². The number of carbonyl (C=O) groups is 1. The van der Waals surface area contributed by atoms with Crippen LogP contribution in [0.3, 0.4) is 0 Å². The lowest BCUT2D eigenvalue weighted by molar-refractivity contribution is 0.102. The van der Waals surface area contributed by atoms with Gasteiger partial charge >= 0.3 is 0 Å². The van der Waals surface area contributed by atoms with Crippen LogP contribution in [0, 0.1) is 0 Å². The van der Waals surface area contributed by atoms with E-state index in [-0.39, 0.29) is 5.91 Å². The smallest absolute Gasteiger partial charge is 0.275 e. The minimum Gasteiger partial charge on any atom is -0.385 e. The third-order valence-electron chi connectivity index (χ3n) is 3.24. The molecule has 1 aromatic carbocycles. The number of hydrogen-bond donors (Lipinski definition) is 2. The van der Waals surface area contributed by atoms with Crippen molar-refractivity contribution in [3.8, 4) is 0 Å². The summed E-state index contributed by atoms with van der Waals surface area (Å²) in [5.41, 5.74) is 3.67. The Morgan fingerprint density at radius 2 is 2.37 bits per heavy atom. The molecule has 2 aromatic rings. The van der Waals surface area contributed by atoms with Crippen LogP contribution in [-0.4, -0.2) is 22.0 Å². The molecule has 2 heterocycles. The van der Waals surface area contributed by atoms with E-state index in [0.717, 1.165) is 25.1 Å². The van der Waals surface area contributed by atoms with Crippen molar-refractivity contribution in [1.29, 1.82) is 0 Å². The predicted molar refractivity (Wildman–Crippen MR) is 74.4 cm³/mol. The first-order valence-corrected chi connectivity index (χ1v) is 6.38. The highest BCUT2D eigenvalue weighted by molar-refractivity contribution is 6.02. The molecular formula is C14H16N4O. The van der Waals surface area contributed by atoms with E-state index < -0.39 is 0 Å². The highest BCUT2D eigenvalue weighted by Gasteiger charge is 2.12. The number of aromatic nitrogens is 2. The Hall–Kier alpha value is -2.30. The summed E-state index contributed by atoms with van der Waals surface area (Å²) in [6.07, 6.45) is 5.50. The average Bonchev–Trinajstić information content (AvgIpc) is 2.85. The Bertz CT molecular complexity index is 618. The molecule has 2 N–H and O–H groups in total. The molecule has 98 valence electrons. The normalized spacial score (nSPS) is 13.5. The molecule has 5 nitrogen and oxygen atoms in total. The SMILES string of the molecule is Cn1cnc(C(=O)Nc2ccc3c(c2)CCCN3)c1. The minimum atomic E-state index is -0.177. The molecule has 5 heteroatoms. The molecule has 0 unspecified atom stereocenters. The van der Waals surface area contributed by atoms with E-state index >= 15 is 0 Å². The van der Waals surface area contributed by atoms with E-state index in [9.17, 15) is 4.79 Å². The maximum Gasteiger partial charge on any atom is 0.275 e. The number of nitrogens with one attached hydrogen (secondary N) is 2. The van der Waals surface area contributed by atoms with Crippen molar-refractivity contribution in [3.63, 3.8) is 0 Å². The van der Waals surface area contributed by atoms with Gasteiger partial charge in [-0.3, -0.25) is 4.79 Å². The quantitative estimate of drug-likeness (QED) is 0.864. The van der Waals surface area contributed by atoms with Gasteiger partial charge in [0.25, 0.3) is 5.91 Å². The third kappa shape index (κ3) is 2.45. The van der Waals surface area contributed by atoms with E-state index in [1.807, 2.05) is 25.2 Å². The molecule has 1 aliphatic heterocycles. The van der Waals surface area contributed by atoms with Crippen molar-refractivity contribution in [1.82, 2.24) is 9.55 Å². The lowest BCUT2D eigenvalue weighted by Gasteiger charge is -2.18. The molecule has 0 spiro atoms. The fourth-order valence-corrected chi connectivity index (χ4v) is 2.28. The van der Waals surface area contributed by atoms with Crippen molar-refractivity contribution in [2.75, 3.05) is 17.2 Å². The summed E-state index contributed by atoms with van der Waals surface area (Å²) < 4.78 is 1.76. The molecule has 0 fully saturated rings. The van der Waals surface area contributed by atoms with Crippen LogP contribution in [0.25, 0.3) is 0 Å². The van der Waals surface area contributed by atoms with Crippen molar-refractivity contribution in [2.45, 2.75) is 12.8 Å². The van der Waals surface area contributed by atoms with E-state index in [0.29, 0.717) is 5.69 Å². The van der Waals surface area contributed by atoms with Crippen molar-refractivity contribution < 1.29 is 4.79 Å². The van der Waals surface area contributed by atoms with Gasteiger partial charge in [-0.2, -0.15) is 0 Å². The lowest BCUT2D eigenvalue weighted by atomic mass is 10.0. The summed E-state index contributed by atoms with van der Waals surface area (Å²) in [6, 6.07) is 5.96. The topological polar surface area (TPSA) is 59.0 Å². The molecule has 0 radical (unpaired) electrons. The molecule has 1 aromatic heterocycles. The van der Waals surface area contributed by atoms with Crippen LogP contribution in [0.2, 0.25) is 0 Å². The standard InChI is InChI=1S/C14H16N4O/c1-18-8-13(16-9-18)14(19)17-11-4-5-12-10(7-11)3-2-6-15-12/h4-5,7-9,15H,2-3,6H2,1H3,(H,17,19). The lowest BCUT2D eigenvalue weighted by Crippen LogP contribution is -2.15. The number of amides is 1. The summed E-state index contributed by atoms with van der Waals surface area (Å²) in [5.74, 6) is -0.177. The molecule has 19 heavy (non-hydrogen) atoms. The molecule has 0 saturated carbocycles. The Balaban J connectivity index is 1.78. The summed E-state index contributed by atoms with van der Waals surface area (Å²) in [5, 5.41) is 6.23.